The highest BCUT2D eigenvalue weighted by molar-refractivity contribution is 5.35. The van der Waals surface area contributed by atoms with Crippen LogP contribution in [0, 0.1) is 10.1 Å². The van der Waals surface area contributed by atoms with E-state index in [0.717, 1.165) is 12.8 Å². The number of nitrogens with one attached hydrogen (secondary N) is 1. The van der Waals surface area contributed by atoms with E-state index >= 15 is 0 Å². The highest BCUT2D eigenvalue weighted by Gasteiger charge is 2.04. The quantitative estimate of drug-likeness (QED) is 0.405. The molecule has 0 aliphatic rings. The van der Waals surface area contributed by atoms with Crippen LogP contribution in [0.1, 0.15) is 19.8 Å². The lowest BCUT2D eigenvalue weighted by molar-refractivity contribution is -0.384. The molecule has 106 valence electrons. The van der Waals surface area contributed by atoms with Gasteiger partial charge in [-0.1, -0.05) is 0 Å². The maximum Gasteiger partial charge on any atom is 0.269 e. The molecule has 0 bridgehead atoms. The number of nitro groups is 1. The van der Waals surface area contributed by atoms with E-state index in [-0.39, 0.29) is 12.3 Å². The van der Waals surface area contributed by atoms with Crippen molar-refractivity contribution in [3.63, 3.8) is 0 Å². The Balaban J connectivity index is 2.20. The molecule has 0 fully saturated rings. The largest absolute Gasteiger partial charge is 0.492 e. The zero-order chi connectivity index (χ0) is 14.1. The average molecular weight is 268 g/mol. The van der Waals surface area contributed by atoms with Gasteiger partial charge in [-0.15, -0.1) is 0 Å². The smallest absolute Gasteiger partial charge is 0.269 e. The fourth-order valence-electron chi connectivity index (χ4n) is 1.64. The zero-order valence-corrected chi connectivity index (χ0v) is 11.0. The summed E-state index contributed by atoms with van der Waals surface area (Å²) in [5, 5.41) is 22.4. The summed E-state index contributed by atoms with van der Waals surface area (Å²) in [6, 6.07) is 6.37. The molecule has 0 saturated heterocycles. The molecular formula is C13H20N2O4. The maximum absolute atomic E-state index is 10.5. The van der Waals surface area contributed by atoms with Gasteiger partial charge in [0.2, 0.25) is 0 Å². The third-order valence-corrected chi connectivity index (χ3v) is 2.71. The number of aliphatic hydroxyl groups excluding tert-OH is 1. The standard InChI is InChI=1S/C13H20N2O4/c1-11(3-2-9-16)14-8-10-19-13-6-4-12(5-7-13)15(17)18/h4-7,11,14,16H,2-3,8-10H2,1H3. The molecule has 1 unspecified atom stereocenters. The molecular weight excluding hydrogens is 248 g/mol. The van der Waals surface area contributed by atoms with Gasteiger partial charge in [-0.05, 0) is 31.9 Å². The molecule has 0 heterocycles. The summed E-state index contributed by atoms with van der Waals surface area (Å²) in [5.74, 6) is 0.621. The van der Waals surface area contributed by atoms with Crippen LogP contribution < -0.4 is 10.1 Å². The minimum atomic E-state index is -0.436. The van der Waals surface area contributed by atoms with Gasteiger partial charge in [-0.3, -0.25) is 10.1 Å². The minimum absolute atomic E-state index is 0.0584. The molecule has 0 radical (unpaired) electrons. The Labute approximate surface area is 112 Å². The van der Waals surface area contributed by atoms with Gasteiger partial charge in [-0.25, -0.2) is 0 Å². The van der Waals surface area contributed by atoms with E-state index in [1.807, 2.05) is 0 Å². The summed E-state index contributed by atoms with van der Waals surface area (Å²) in [5.41, 5.74) is 0.0584. The lowest BCUT2D eigenvalue weighted by Gasteiger charge is -2.13. The molecule has 0 aliphatic heterocycles. The molecule has 0 aliphatic carbocycles. The summed E-state index contributed by atoms with van der Waals surface area (Å²) in [6.07, 6.45) is 1.71. The molecule has 6 heteroatoms. The Morgan fingerprint density at radius 1 is 1.42 bits per heavy atom. The topological polar surface area (TPSA) is 84.6 Å². The second-order valence-electron chi connectivity index (χ2n) is 4.32. The summed E-state index contributed by atoms with van der Waals surface area (Å²) in [4.78, 5) is 10.0. The van der Waals surface area contributed by atoms with Gasteiger partial charge in [-0.2, -0.15) is 0 Å². The molecule has 0 amide bonds. The second kappa shape index (κ2) is 8.44. The number of hydrogen-bond acceptors (Lipinski definition) is 5. The normalized spacial score (nSPS) is 12.1. The van der Waals surface area contributed by atoms with Crippen molar-refractivity contribution in [3.05, 3.63) is 34.4 Å². The number of non-ortho nitro benzene ring substituents is 1. The van der Waals surface area contributed by atoms with E-state index in [2.05, 4.69) is 12.2 Å². The van der Waals surface area contributed by atoms with E-state index in [9.17, 15) is 10.1 Å². The van der Waals surface area contributed by atoms with Gasteiger partial charge in [0.15, 0.2) is 0 Å². The number of nitro benzene ring substituents is 1. The van der Waals surface area contributed by atoms with Crippen LogP contribution in [-0.2, 0) is 0 Å². The van der Waals surface area contributed by atoms with Crippen LogP contribution in [0.5, 0.6) is 5.75 Å². The van der Waals surface area contributed by atoms with Crippen molar-refractivity contribution in [3.8, 4) is 5.75 Å². The Bertz CT molecular complexity index is 381. The van der Waals surface area contributed by atoms with Gasteiger partial charge < -0.3 is 15.2 Å². The first-order valence-corrected chi connectivity index (χ1v) is 6.35. The average Bonchev–Trinajstić information content (AvgIpc) is 2.41. The Morgan fingerprint density at radius 2 is 2.11 bits per heavy atom. The number of hydrogen-bond donors (Lipinski definition) is 2. The van der Waals surface area contributed by atoms with Crippen molar-refractivity contribution in [2.45, 2.75) is 25.8 Å². The molecule has 19 heavy (non-hydrogen) atoms. The van der Waals surface area contributed by atoms with E-state index in [4.69, 9.17) is 9.84 Å². The van der Waals surface area contributed by atoms with Crippen LogP contribution in [0.4, 0.5) is 5.69 Å². The predicted octanol–water partition coefficient (Wildman–Crippen LogP) is 1.72. The number of nitrogens with zero attached hydrogens (tertiary/aromatic N) is 1. The van der Waals surface area contributed by atoms with Gasteiger partial charge in [0.1, 0.15) is 12.4 Å². The van der Waals surface area contributed by atoms with Crippen LogP contribution in [0.25, 0.3) is 0 Å². The molecule has 0 spiro atoms. The number of aliphatic hydroxyl groups is 1. The number of benzene rings is 1. The second-order valence-corrected chi connectivity index (χ2v) is 4.32. The molecule has 0 saturated carbocycles. The molecule has 0 aromatic heterocycles. The van der Waals surface area contributed by atoms with Gasteiger partial charge in [0, 0.05) is 31.3 Å². The van der Waals surface area contributed by atoms with E-state index in [1.54, 1.807) is 12.1 Å². The Morgan fingerprint density at radius 3 is 2.68 bits per heavy atom. The van der Waals surface area contributed by atoms with E-state index in [1.165, 1.54) is 12.1 Å². The first kappa shape index (κ1) is 15.4. The number of ether oxygens (including phenoxy) is 1. The van der Waals surface area contributed by atoms with Crippen molar-refractivity contribution < 1.29 is 14.8 Å². The van der Waals surface area contributed by atoms with Crippen LogP contribution in [0.2, 0.25) is 0 Å². The predicted molar refractivity (Wildman–Crippen MR) is 72.4 cm³/mol. The Hall–Kier alpha value is -1.66. The minimum Gasteiger partial charge on any atom is -0.492 e. The van der Waals surface area contributed by atoms with Crippen molar-refractivity contribution in [1.29, 1.82) is 0 Å². The molecule has 1 atom stereocenters. The molecule has 2 N–H and O–H groups in total. The van der Waals surface area contributed by atoms with Crippen molar-refractivity contribution >= 4 is 5.69 Å². The first-order chi connectivity index (χ1) is 9.13. The maximum atomic E-state index is 10.5. The fourth-order valence-corrected chi connectivity index (χ4v) is 1.64. The first-order valence-electron chi connectivity index (χ1n) is 6.35. The van der Waals surface area contributed by atoms with Gasteiger partial charge in [0.25, 0.3) is 5.69 Å². The summed E-state index contributed by atoms with van der Waals surface area (Å²) in [7, 11) is 0. The summed E-state index contributed by atoms with van der Waals surface area (Å²) >= 11 is 0. The molecule has 1 aromatic carbocycles. The summed E-state index contributed by atoms with van der Waals surface area (Å²) < 4.78 is 5.46. The highest BCUT2D eigenvalue weighted by Crippen LogP contribution is 2.16. The van der Waals surface area contributed by atoms with Crippen molar-refractivity contribution in [2.24, 2.45) is 0 Å². The zero-order valence-electron chi connectivity index (χ0n) is 11.0. The van der Waals surface area contributed by atoms with Crippen LogP contribution >= 0.6 is 0 Å². The highest BCUT2D eigenvalue weighted by atomic mass is 16.6. The number of rotatable bonds is 9. The fraction of sp³-hybridized carbons (Fsp3) is 0.538. The van der Waals surface area contributed by atoms with Crippen molar-refractivity contribution in [2.75, 3.05) is 19.8 Å². The SMILES string of the molecule is CC(CCCO)NCCOc1ccc([N+](=O)[O-])cc1. The molecule has 6 nitrogen and oxygen atoms in total. The monoisotopic (exact) mass is 268 g/mol. The lowest BCUT2D eigenvalue weighted by atomic mass is 10.2. The Kier molecular flexibility index (Phi) is 6.84. The lowest BCUT2D eigenvalue weighted by Crippen LogP contribution is -2.30. The van der Waals surface area contributed by atoms with Crippen LogP contribution in [-0.4, -0.2) is 35.8 Å². The van der Waals surface area contributed by atoms with Crippen LogP contribution in [0.15, 0.2) is 24.3 Å². The third-order valence-electron chi connectivity index (χ3n) is 2.71. The van der Waals surface area contributed by atoms with E-state index < -0.39 is 4.92 Å². The van der Waals surface area contributed by atoms with Crippen LogP contribution in [0.3, 0.4) is 0 Å². The molecule has 1 rings (SSSR count). The van der Waals surface area contributed by atoms with E-state index in [0.29, 0.717) is 24.9 Å². The summed E-state index contributed by atoms with van der Waals surface area (Å²) in [6.45, 7) is 3.47. The molecule has 1 aromatic rings. The third kappa shape index (κ3) is 6.17. The van der Waals surface area contributed by atoms with Gasteiger partial charge >= 0.3 is 0 Å². The van der Waals surface area contributed by atoms with Crippen molar-refractivity contribution in [1.82, 2.24) is 5.32 Å². The van der Waals surface area contributed by atoms with Gasteiger partial charge in [0.05, 0.1) is 4.92 Å².